The summed E-state index contributed by atoms with van der Waals surface area (Å²) in [6, 6.07) is 16.0. The molecule has 1 aliphatic carbocycles. The van der Waals surface area contributed by atoms with Gasteiger partial charge >= 0.3 is 6.09 Å². The zero-order chi connectivity index (χ0) is 21.0. The zero-order valence-electron chi connectivity index (χ0n) is 18.1. The second-order valence-electron chi connectivity index (χ2n) is 8.18. The lowest BCUT2D eigenvalue weighted by atomic mass is 9.91. The molecule has 0 fully saturated rings. The van der Waals surface area contributed by atoms with Gasteiger partial charge in [-0.25, -0.2) is 4.79 Å². The van der Waals surface area contributed by atoms with Crippen molar-refractivity contribution >= 4 is 24.3 Å². The van der Waals surface area contributed by atoms with Crippen LogP contribution in [0.25, 0.3) is 11.1 Å². The van der Waals surface area contributed by atoms with Crippen molar-refractivity contribution in [1.82, 2.24) is 5.32 Å². The van der Waals surface area contributed by atoms with Gasteiger partial charge < -0.3 is 10.1 Å². The molecule has 1 N–H and O–H groups in total. The van der Waals surface area contributed by atoms with Crippen LogP contribution in [0.15, 0.2) is 48.5 Å². The summed E-state index contributed by atoms with van der Waals surface area (Å²) < 4.78 is 5.61. The summed E-state index contributed by atoms with van der Waals surface area (Å²) in [6.07, 6.45) is 0.654. The number of amides is 1. The van der Waals surface area contributed by atoms with Crippen molar-refractivity contribution in [2.75, 3.05) is 6.61 Å². The fourth-order valence-electron chi connectivity index (χ4n) is 4.00. The predicted octanol–water partition coefficient (Wildman–Crippen LogP) is 5.94. The first-order chi connectivity index (χ1) is 13.9. The maximum atomic E-state index is 12.6. The lowest BCUT2D eigenvalue weighted by Gasteiger charge is -2.24. The van der Waals surface area contributed by atoms with E-state index in [-0.39, 0.29) is 36.6 Å². The van der Waals surface area contributed by atoms with Crippen molar-refractivity contribution in [1.29, 1.82) is 0 Å². The minimum absolute atomic E-state index is 0. The summed E-state index contributed by atoms with van der Waals surface area (Å²) in [5.74, 6) is 1.14. The van der Waals surface area contributed by atoms with Crippen LogP contribution in [0.4, 0.5) is 4.79 Å². The molecule has 0 saturated heterocycles. The third-order valence-corrected chi connectivity index (χ3v) is 5.70. The summed E-state index contributed by atoms with van der Waals surface area (Å²) in [5, 5.41) is 2.82. The summed E-state index contributed by atoms with van der Waals surface area (Å²) in [5.41, 5.74) is 4.73. The number of Topliss-reactive ketones (excluding diaryl/α,β-unsaturated/α-hetero) is 1. The number of halogens is 1. The molecular formula is C25H31ClNO3. The molecule has 2 aromatic carbocycles. The van der Waals surface area contributed by atoms with Crippen LogP contribution in [0.2, 0.25) is 0 Å². The van der Waals surface area contributed by atoms with E-state index in [9.17, 15) is 9.59 Å². The highest BCUT2D eigenvalue weighted by molar-refractivity contribution is 5.89. The Hall–Kier alpha value is -2.33. The number of carbonyl (C=O) groups excluding carboxylic acids is 2. The smallest absolute Gasteiger partial charge is 0.407 e. The third-order valence-electron chi connectivity index (χ3n) is 5.70. The molecule has 1 aliphatic rings. The number of alkyl carbamates (subject to hydrolysis) is 1. The van der Waals surface area contributed by atoms with Gasteiger partial charge in [-0.1, -0.05) is 82.6 Å². The maximum absolute atomic E-state index is 12.6. The molecule has 0 unspecified atom stereocenters. The van der Waals surface area contributed by atoms with Crippen LogP contribution in [0, 0.1) is 11.8 Å². The molecule has 30 heavy (non-hydrogen) atoms. The number of nitrogens with one attached hydrogen (secondary N) is 1. The van der Waals surface area contributed by atoms with Gasteiger partial charge in [-0.05, 0) is 34.1 Å². The highest BCUT2D eigenvalue weighted by Crippen LogP contribution is 2.44. The standard InChI is InChI=1S/C25H30NO3.ClH/c1-5-17(4)24(23(27)14-16(2)3)26-25(28)29-15-22-20-12-8-6-10-18(20)19-11-7-9-13-21(19)22;/h6-13,17,22,24H,5,14-15H2,1-4H3,(H,26,28);1H/t17-,24-;/m1./s1. The Kier molecular flexibility index (Phi) is 8.48. The van der Waals surface area contributed by atoms with Gasteiger partial charge in [-0.15, -0.1) is 12.4 Å². The van der Waals surface area contributed by atoms with E-state index in [2.05, 4.69) is 29.6 Å². The summed E-state index contributed by atoms with van der Waals surface area (Å²) in [6.45, 7) is 8.11. The Morgan fingerprint density at radius 2 is 1.53 bits per heavy atom. The molecular weight excluding hydrogens is 398 g/mol. The Morgan fingerprint density at radius 3 is 2.03 bits per heavy atom. The van der Waals surface area contributed by atoms with Crippen LogP contribution in [0.3, 0.4) is 0 Å². The minimum Gasteiger partial charge on any atom is -0.449 e. The van der Waals surface area contributed by atoms with Crippen molar-refractivity contribution in [3.63, 3.8) is 0 Å². The molecule has 0 aromatic heterocycles. The molecule has 0 saturated carbocycles. The average Bonchev–Trinajstić information content (AvgIpc) is 3.03. The van der Waals surface area contributed by atoms with E-state index in [0.717, 1.165) is 12.3 Å². The van der Waals surface area contributed by atoms with Crippen LogP contribution in [-0.4, -0.2) is 24.5 Å². The minimum atomic E-state index is -0.528. The average molecular weight is 429 g/mol. The molecule has 0 bridgehead atoms. The molecule has 0 aliphatic heterocycles. The number of carbonyl (C=O) groups is 2. The number of ether oxygens (including phenoxy) is 1. The SMILES string of the molecule is CC[C@@H](C)[C@@H](NC(=O)OCC1c2ccccc2-c2ccccc21)C(=O)C[C](C)C.Cl. The van der Waals surface area contributed by atoms with Gasteiger partial charge in [0.15, 0.2) is 5.78 Å². The van der Waals surface area contributed by atoms with Crippen LogP contribution >= 0.6 is 12.4 Å². The lowest BCUT2D eigenvalue weighted by molar-refractivity contribution is -0.121. The van der Waals surface area contributed by atoms with Crippen molar-refractivity contribution < 1.29 is 14.3 Å². The van der Waals surface area contributed by atoms with Gasteiger partial charge in [0.2, 0.25) is 0 Å². The monoisotopic (exact) mass is 428 g/mol. The summed E-state index contributed by atoms with van der Waals surface area (Å²) in [7, 11) is 0. The Bertz CT molecular complexity index is 835. The number of benzene rings is 2. The van der Waals surface area contributed by atoms with Gasteiger partial charge in [-0.2, -0.15) is 0 Å². The van der Waals surface area contributed by atoms with Gasteiger partial charge in [-0.3, -0.25) is 4.79 Å². The topological polar surface area (TPSA) is 55.4 Å². The zero-order valence-corrected chi connectivity index (χ0v) is 18.9. The van der Waals surface area contributed by atoms with Crippen LogP contribution in [0.1, 0.15) is 57.6 Å². The molecule has 2 atom stereocenters. The van der Waals surface area contributed by atoms with Crippen molar-refractivity contribution in [2.24, 2.45) is 5.92 Å². The number of fused-ring (bicyclic) bond motifs is 3. The van der Waals surface area contributed by atoms with Gasteiger partial charge in [0.1, 0.15) is 6.61 Å². The van der Waals surface area contributed by atoms with E-state index in [4.69, 9.17) is 4.74 Å². The Balaban J connectivity index is 0.00000320. The number of hydrogen-bond acceptors (Lipinski definition) is 3. The second kappa shape index (κ2) is 10.6. The fraction of sp³-hybridized carbons (Fsp3) is 0.400. The Labute approximate surface area is 185 Å². The lowest BCUT2D eigenvalue weighted by Crippen LogP contribution is -2.45. The number of rotatable bonds is 8. The van der Waals surface area contributed by atoms with Crippen molar-refractivity contribution in [3.05, 3.63) is 65.6 Å². The van der Waals surface area contributed by atoms with Gasteiger partial charge in [0, 0.05) is 12.3 Å². The fourth-order valence-corrected chi connectivity index (χ4v) is 4.00. The normalized spacial score (nSPS) is 14.3. The third kappa shape index (κ3) is 5.23. The molecule has 5 heteroatoms. The first kappa shape index (κ1) is 23.9. The highest BCUT2D eigenvalue weighted by atomic mass is 35.5. The number of ketones is 1. The molecule has 0 heterocycles. The van der Waals surface area contributed by atoms with Crippen LogP contribution < -0.4 is 5.32 Å². The van der Waals surface area contributed by atoms with Gasteiger partial charge in [0.05, 0.1) is 6.04 Å². The predicted molar refractivity (Wildman–Crippen MR) is 123 cm³/mol. The molecule has 4 nitrogen and oxygen atoms in total. The summed E-state index contributed by atoms with van der Waals surface area (Å²) >= 11 is 0. The van der Waals surface area contributed by atoms with Crippen molar-refractivity contribution in [3.8, 4) is 11.1 Å². The van der Waals surface area contributed by atoms with Crippen molar-refractivity contribution in [2.45, 2.75) is 52.5 Å². The molecule has 1 radical (unpaired) electrons. The van der Waals surface area contributed by atoms with Crippen LogP contribution in [-0.2, 0) is 9.53 Å². The van der Waals surface area contributed by atoms with E-state index in [1.54, 1.807) is 0 Å². The van der Waals surface area contributed by atoms with E-state index < -0.39 is 12.1 Å². The first-order valence-corrected chi connectivity index (χ1v) is 10.4. The molecule has 0 spiro atoms. The van der Waals surface area contributed by atoms with E-state index in [1.165, 1.54) is 22.3 Å². The summed E-state index contributed by atoms with van der Waals surface area (Å²) in [4.78, 5) is 25.1. The van der Waals surface area contributed by atoms with Crippen LogP contribution in [0.5, 0.6) is 0 Å². The first-order valence-electron chi connectivity index (χ1n) is 10.4. The molecule has 2 aromatic rings. The van der Waals surface area contributed by atoms with E-state index in [0.29, 0.717) is 6.42 Å². The quantitative estimate of drug-likeness (QED) is 0.566. The molecule has 1 amide bonds. The van der Waals surface area contributed by atoms with E-state index in [1.807, 2.05) is 52.0 Å². The maximum Gasteiger partial charge on any atom is 0.407 e. The number of hydrogen-bond donors (Lipinski definition) is 1. The Morgan fingerprint density at radius 1 is 1.00 bits per heavy atom. The molecule has 3 rings (SSSR count). The largest absolute Gasteiger partial charge is 0.449 e. The molecule has 161 valence electrons. The van der Waals surface area contributed by atoms with Gasteiger partial charge in [0.25, 0.3) is 0 Å². The van der Waals surface area contributed by atoms with E-state index >= 15 is 0 Å². The second-order valence-corrected chi connectivity index (χ2v) is 8.18. The highest BCUT2D eigenvalue weighted by Gasteiger charge is 2.30.